The quantitative estimate of drug-likeness (QED) is 0.525. The molecule has 1 aromatic heterocycles. The van der Waals surface area contributed by atoms with E-state index in [1.807, 2.05) is 0 Å². The van der Waals surface area contributed by atoms with Crippen molar-refractivity contribution in [3.63, 3.8) is 0 Å². The van der Waals surface area contributed by atoms with Crippen LogP contribution in [0.2, 0.25) is 4.34 Å². The van der Waals surface area contributed by atoms with Crippen molar-refractivity contribution >= 4 is 38.6 Å². The van der Waals surface area contributed by atoms with E-state index in [-0.39, 0.29) is 14.2 Å². The first-order valence-electron chi connectivity index (χ1n) is 4.54. The summed E-state index contributed by atoms with van der Waals surface area (Å²) in [6, 6.07) is 1.32. The Bertz CT molecular complexity index is 567. The number of rotatable bonds is 3. The van der Waals surface area contributed by atoms with E-state index in [4.69, 9.17) is 17.1 Å². The zero-order chi connectivity index (χ0) is 13.3. The third kappa shape index (κ3) is 3.86. The van der Waals surface area contributed by atoms with E-state index in [0.717, 1.165) is 11.3 Å². The van der Waals surface area contributed by atoms with E-state index in [2.05, 4.69) is 14.7 Å². The summed E-state index contributed by atoms with van der Waals surface area (Å²) in [5, 5.41) is 3.31. The molecule has 0 radical (unpaired) electrons. The molecule has 1 aromatic rings. The van der Waals surface area contributed by atoms with Crippen LogP contribution < -0.4 is 4.72 Å². The highest BCUT2D eigenvalue weighted by molar-refractivity contribution is 7.91. The van der Waals surface area contributed by atoms with Crippen molar-refractivity contribution in [2.24, 2.45) is 5.11 Å². The average Bonchev–Trinajstić information content (AvgIpc) is 2.43. The lowest BCUT2D eigenvalue weighted by atomic mass is 10.1. The van der Waals surface area contributed by atoms with E-state index >= 15 is 0 Å². The molecular formula is C8H11ClN4O2S2. The number of halogens is 1. The standard InChI is InChI=1S/C8H11ClN4O2S2/c1-8(2,3)12-17(14,15)7-5(11-13-10)4-6(9)16-7/h4,12H,1-3H3. The Morgan fingerprint density at radius 2 is 2.12 bits per heavy atom. The first kappa shape index (κ1) is 14.3. The molecule has 0 fully saturated rings. The monoisotopic (exact) mass is 294 g/mol. The third-order valence-electron chi connectivity index (χ3n) is 1.49. The summed E-state index contributed by atoms with van der Waals surface area (Å²) >= 11 is 6.57. The molecule has 0 aromatic carbocycles. The normalized spacial score (nSPS) is 12.2. The summed E-state index contributed by atoms with van der Waals surface area (Å²) in [4.78, 5) is 2.57. The molecule has 0 unspecified atom stereocenters. The molecule has 0 aliphatic carbocycles. The van der Waals surface area contributed by atoms with Gasteiger partial charge in [0.05, 0.1) is 10.0 Å². The second kappa shape index (κ2) is 4.83. The Morgan fingerprint density at radius 3 is 2.59 bits per heavy atom. The zero-order valence-corrected chi connectivity index (χ0v) is 11.8. The largest absolute Gasteiger partial charge is 0.251 e. The Labute approximate surface area is 108 Å². The van der Waals surface area contributed by atoms with Crippen LogP contribution in [0.5, 0.6) is 0 Å². The molecular weight excluding hydrogens is 284 g/mol. The number of sulfonamides is 1. The molecule has 0 amide bonds. The molecule has 0 saturated carbocycles. The highest BCUT2D eigenvalue weighted by Crippen LogP contribution is 2.37. The van der Waals surface area contributed by atoms with E-state index in [9.17, 15) is 8.42 Å². The minimum Gasteiger partial charge on any atom is -0.206 e. The molecule has 0 saturated heterocycles. The first-order valence-corrected chi connectivity index (χ1v) is 7.22. The molecule has 0 bridgehead atoms. The van der Waals surface area contributed by atoms with Crippen LogP contribution in [0.4, 0.5) is 5.69 Å². The molecule has 9 heteroatoms. The van der Waals surface area contributed by atoms with Gasteiger partial charge >= 0.3 is 0 Å². The van der Waals surface area contributed by atoms with E-state index in [0.29, 0.717) is 0 Å². The van der Waals surface area contributed by atoms with Gasteiger partial charge in [-0.2, -0.15) is 0 Å². The van der Waals surface area contributed by atoms with Gasteiger partial charge in [-0.05, 0) is 32.4 Å². The van der Waals surface area contributed by atoms with Crippen LogP contribution in [0.1, 0.15) is 20.8 Å². The topological polar surface area (TPSA) is 94.9 Å². The molecule has 94 valence electrons. The molecule has 0 aliphatic heterocycles. The molecule has 1 heterocycles. The summed E-state index contributed by atoms with van der Waals surface area (Å²) in [5.74, 6) is 0. The fraction of sp³-hybridized carbons (Fsp3) is 0.500. The maximum atomic E-state index is 12.0. The summed E-state index contributed by atoms with van der Waals surface area (Å²) in [7, 11) is -3.73. The second-order valence-electron chi connectivity index (χ2n) is 4.27. The van der Waals surface area contributed by atoms with Gasteiger partial charge in [0.1, 0.15) is 4.21 Å². The number of hydrogen-bond donors (Lipinski definition) is 1. The predicted octanol–water partition coefficient (Wildman–Crippen LogP) is 3.42. The van der Waals surface area contributed by atoms with E-state index < -0.39 is 15.6 Å². The SMILES string of the molecule is CC(C)(C)NS(=O)(=O)c1sc(Cl)cc1N=[N+]=[N-]. The van der Waals surface area contributed by atoms with Crippen molar-refractivity contribution in [3.8, 4) is 0 Å². The molecule has 0 atom stereocenters. The Hall–Kier alpha value is -0.790. The molecule has 0 spiro atoms. The van der Waals surface area contributed by atoms with Crippen molar-refractivity contribution in [3.05, 3.63) is 20.8 Å². The van der Waals surface area contributed by atoms with Crippen LogP contribution >= 0.6 is 22.9 Å². The van der Waals surface area contributed by atoms with Gasteiger partial charge in [0, 0.05) is 10.5 Å². The molecule has 1 rings (SSSR count). The zero-order valence-electron chi connectivity index (χ0n) is 9.43. The van der Waals surface area contributed by atoms with Crippen molar-refractivity contribution in [1.82, 2.24) is 4.72 Å². The highest BCUT2D eigenvalue weighted by Gasteiger charge is 2.26. The first-order chi connectivity index (χ1) is 7.65. The minimum atomic E-state index is -3.73. The molecule has 17 heavy (non-hydrogen) atoms. The lowest BCUT2D eigenvalue weighted by molar-refractivity contribution is 0.493. The van der Waals surface area contributed by atoms with Crippen molar-refractivity contribution in [2.45, 2.75) is 30.5 Å². The average molecular weight is 295 g/mol. The molecule has 6 nitrogen and oxygen atoms in total. The van der Waals surface area contributed by atoms with Gasteiger partial charge in [-0.15, -0.1) is 11.3 Å². The van der Waals surface area contributed by atoms with E-state index in [1.165, 1.54) is 6.07 Å². The van der Waals surface area contributed by atoms with Crippen molar-refractivity contribution < 1.29 is 8.42 Å². The van der Waals surface area contributed by atoms with Gasteiger partial charge in [0.25, 0.3) is 10.0 Å². The minimum absolute atomic E-state index is 0.0132. The highest BCUT2D eigenvalue weighted by atomic mass is 35.5. The second-order valence-corrected chi connectivity index (χ2v) is 7.83. The van der Waals surface area contributed by atoms with Gasteiger partial charge < -0.3 is 0 Å². The van der Waals surface area contributed by atoms with Crippen LogP contribution in [0, 0.1) is 0 Å². The fourth-order valence-electron chi connectivity index (χ4n) is 1.10. The van der Waals surface area contributed by atoms with Crippen LogP contribution in [-0.2, 0) is 10.0 Å². The Kier molecular flexibility index (Phi) is 4.06. The summed E-state index contributed by atoms with van der Waals surface area (Å²) in [5.41, 5.74) is 7.75. The van der Waals surface area contributed by atoms with Crippen molar-refractivity contribution in [2.75, 3.05) is 0 Å². The van der Waals surface area contributed by atoms with E-state index in [1.54, 1.807) is 20.8 Å². The van der Waals surface area contributed by atoms with Crippen molar-refractivity contribution in [1.29, 1.82) is 0 Å². The van der Waals surface area contributed by atoms with Gasteiger partial charge in [-0.25, -0.2) is 13.1 Å². The summed E-state index contributed by atoms with van der Waals surface area (Å²) in [6.07, 6.45) is 0. The lowest BCUT2D eigenvalue weighted by Gasteiger charge is -2.19. The van der Waals surface area contributed by atoms with Crippen LogP contribution in [0.25, 0.3) is 10.4 Å². The number of azide groups is 1. The maximum Gasteiger partial charge on any atom is 0.251 e. The van der Waals surface area contributed by atoms with Gasteiger partial charge in [0.2, 0.25) is 0 Å². The van der Waals surface area contributed by atoms with Crippen LogP contribution in [0.3, 0.4) is 0 Å². The Morgan fingerprint density at radius 1 is 1.53 bits per heavy atom. The third-order valence-corrected chi connectivity index (χ3v) is 5.02. The van der Waals surface area contributed by atoms with Crippen LogP contribution in [-0.4, -0.2) is 14.0 Å². The summed E-state index contributed by atoms with van der Waals surface area (Å²) < 4.78 is 26.7. The predicted molar refractivity (Wildman–Crippen MR) is 68.2 cm³/mol. The lowest BCUT2D eigenvalue weighted by Crippen LogP contribution is -2.40. The number of hydrogen-bond acceptors (Lipinski definition) is 4. The fourth-order valence-corrected chi connectivity index (χ4v) is 4.23. The molecule has 0 aliphatic rings. The molecule has 1 N–H and O–H groups in total. The van der Waals surface area contributed by atoms with Gasteiger partial charge in [0.15, 0.2) is 0 Å². The summed E-state index contributed by atoms with van der Waals surface area (Å²) in [6.45, 7) is 5.15. The number of nitrogens with one attached hydrogen (secondary N) is 1. The van der Waals surface area contributed by atoms with Gasteiger partial charge in [-0.1, -0.05) is 16.7 Å². The number of nitrogens with zero attached hydrogens (tertiary/aromatic N) is 3. The Balaban J connectivity index is 3.28. The maximum absolute atomic E-state index is 12.0. The smallest absolute Gasteiger partial charge is 0.206 e. The van der Waals surface area contributed by atoms with Gasteiger partial charge in [-0.3, -0.25) is 0 Å². The number of thiophene rings is 1. The van der Waals surface area contributed by atoms with Crippen LogP contribution in [0.15, 0.2) is 15.4 Å².